The number of oxazole rings is 1. The zero-order valence-corrected chi connectivity index (χ0v) is 9.84. The fourth-order valence-electron chi connectivity index (χ4n) is 1.90. The molecule has 0 amide bonds. The summed E-state index contributed by atoms with van der Waals surface area (Å²) in [5.41, 5.74) is 6.94. The topological polar surface area (TPSA) is 74.0 Å². The highest BCUT2D eigenvalue weighted by molar-refractivity contribution is 5.67. The lowest BCUT2D eigenvalue weighted by Crippen LogP contribution is -2.16. The predicted molar refractivity (Wildman–Crippen MR) is 68.2 cm³/mol. The molecule has 0 fully saturated rings. The van der Waals surface area contributed by atoms with E-state index in [9.17, 15) is 9.18 Å². The van der Waals surface area contributed by atoms with Crippen LogP contribution in [0.2, 0.25) is 0 Å². The number of nitrogens with two attached hydrogens (primary N) is 1. The van der Waals surface area contributed by atoms with Gasteiger partial charge in [-0.25, -0.2) is 14.2 Å². The number of benzene rings is 1. The van der Waals surface area contributed by atoms with Crippen LogP contribution in [0.5, 0.6) is 0 Å². The first kappa shape index (κ1) is 11.5. The molecule has 6 heteroatoms. The van der Waals surface area contributed by atoms with Crippen molar-refractivity contribution < 1.29 is 8.81 Å². The minimum Gasteiger partial charge on any atom is -0.406 e. The summed E-state index contributed by atoms with van der Waals surface area (Å²) in [7, 11) is 0. The summed E-state index contributed by atoms with van der Waals surface area (Å²) in [6, 6.07) is 7.65. The molecule has 2 aromatic heterocycles. The Hall–Kier alpha value is -2.63. The van der Waals surface area contributed by atoms with Crippen molar-refractivity contribution in [2.75, 3.05) is 5.73 Å². The van der Waals surface area contributed by atoms with E-state index in [1.807, 2.05) is 0 Å². The minimum absolute atomic E-state index is 0.0506. The van der Waals surface area contributed by atoms with Crippen molar-refractivity contribution in [1.29, 1.82) is 0 Å². The van der Waals surface area contributed by atoms with Gasteiger partial charge in [-0.1, -0.05) is 6.07 Å². The first-order chi connectivity index (χ1) is 9.15. The van der Waals surface area contributed by atoms with Crippen LogP contribution in [0.1, 0.15) is 5.56 Å². The molecular formula is C13H10FN3O2. The van der Waals surface area contributed by atoms with Crippen molar-refractivity contribution in [3.63, 3.8) is 0 Å². The molecule has 0 bridgehead atoms. The maximum Gasteiger partial charge on any atom is 0.421 e. The van der Waals surface area contributed by atoms with Crippen LogP contribution in [0.3, 0.4) is 0 Å². The number of nitrogens with zero attached hydrogens (tertiary/aromatic N) is 2. The van der Waals surface area contributed by atoms with Gasteiger partial charge in [-0.05, 0) is 24.3 Å². The smallest absolute Gasteiger partial charge is 0.406 e. The number of rotatable bonds is 2. The second kappa shape index (κ2) is 4.24. The van der Waals surface area contributed by atoms with Crippen LogP contribution in [0.25, 0.3) is 11.2 Å². The highest BCUT2D eigenvalue weighted by Gasteiger charge is 2.12. The lowest BCUT2D eigenvalue weighted by atomic mass is 10.2. The average molecular weight is 259 g/mol. The number of anilines is 1. The van der Waals surface area contributed by atoms with Gasteiger partial charge in [0.2, 0.25) is 0 Å². The molecule has 5 nitrogen and oxygen atoms in total. The van der Waals surface area contributed by atoms with Crippen molar-refractivity contribution >= 4 is 16.9 Å². The minimum atomic E-state index is -0.565. The molecule has 0 saturated heterocycles. The first-order valence-corrected chi connectivity index (χ1v) is 5.63. The fraction of sp³-hybridized carbons (Fsp3) is 0.0769. The summed E-state index contributed by atoms with van der Waals surface area (Å²) >= 11 is 0. The number of hydrogen-bond donors (Lipinski definition) is 1. The Morgan fingerprint density at radius 1 is 1.37 bits per heavy atom. The lowest BCUT2D eigenvalue weighted by molar-refractivity contribution is 0.512. The van der Waals surface area contributed by atoms with Gasteiger partial charge in [0.25, 0.3) is 0 Å². The van der Waals surface area contributed by atoms with Gasteiger partial charge in [0.1, 0.15) is 5.82 Å². The summed E-state index contributed by atoms with van der Waals surface area (Å²) in [5, 5.41) is 0. The molecule has 3 rings (SSSR count). The Morgan fingerprint density at radius 2 is 2.21 bits per heavy atom. The molecule has 19 heavy (non-hydrogen) atoms. The SMILES string of the molecule is Nc1ccc(Cn2c(=O)oc3cccnc32)c(F)c1. The second-order valence-corrected chi connectivity index (χ2v) is 4.13. The van der Waals surface area contributed by atoms with Gasteiger partial charge in [-0.2, -0.15) is 0 Å². The van der Waals surface area contributed by atoms with Crippen molar-refractivity contribution in [1.82, 2.24) is 9.55 Å². The van der Waals surface area contributed by atoms with Crippen molar-refractivity contribution in [2.45, 2.75) is 6.54 Å². The number of halogens is 1. The van der Waals surface area contributed by atoms with Gasteiger partial charge in [-0.15, -0.1) is 0 Å². The Kier molecular flexibility index (Phi) is 2.56. The Labute approximate surface area is 107 Å². The van der Waals surface area contributed by atoms with Crippen LogP contribution in [0.15, 0.2) is 45.7 Å². The zero-order valence-electron chi connectivity index (χ0n) is 9.84. The van der Waals surface area contributed by atoms with Crippen LogP contribution >= 0.6 is 0 Å². The number of pyridine rings is 1. The van der Waals surface area contributed by atoms with E-state index in [0.29, 0.717) is 22.5 Å². The number of fused-ring (bicyclic) bond motifs is 1. The molecule has 2 heterocycles. The van der Waals surface area contributed by atoms with Crippen LogP contribution < -0.4 is 11.5 Å². The Balaban J connectivity index is 2.10. The molecule has 0 saturated carbocycles. The molecular weight excluding hydrogens is 249 g/mol. The van der Waals surface area contributed by atoms with E-state index in [2.05, 4.69) is 4.98 Å². The van der Waals surface area contributed by atoms with E-state index in [0.717, 1.165) is 0 Å². The van der Waals surface area contributed by atoms with Gasteiger partial charge in [0, 0.05) is 17.4 Å². The highest BCUT2D eigenvalue weighted by Crippen LogP contribution is 2.15. The quantitative estimate of drug-likeness (QED) is 0.711. The predicted octanol–water partition coefficient (Wildman–Crippen LogP) is 1.76. The lowest BCUT2D eigenvalue weighted by Gasteiger charge is -2.04. The van der Waals surface area contributed by atoms with Gasteiger partial charge >= 0.3 is 5.76 Å². The van der Waals surface area contributed by atoms with Gasteiger partial charge < -0.3 is 10.2 Å². The highest BCUT2D eigenvalue weighted by atomic mass is 19.1. The number of nitrogen functional groups attached to an aromatic ring is 1. The third-order valence-electron chi connectivity index (χ3n) is 2.83. The Bertz CT molecular complexity index is 807. The van der Waals surface area contributed by atoms with E-state index >= 15 is 0 Å². The van der Waals surface area contributed by atoms with Gasteiger partial charge in [0.15, 0.2) is 11.2 Å². The van der Waals surface area contributed by atoms with Crippen molar-refractivity contribution in [2.24, 2.45) is 0 Å². The zero-order chi connectivity index (χ0) is 13.4. The van der Waals surface area contributed by atoms with E-state index < -0.39 is 11.6 Å². The Morgan fingerprint density at radius 3 is 3.00 bits per heavy atom. The second-order valence-electron chi connectivity index (χ2n) is 4.13. The molecule has 1 aromatic carbocycles. The van der Waals surface area contributed by atoms with Crippen molar-refractivity contribution in [3.8, 4) is 0 Å². The van der Waals surface area contributed by atoms with Gasteiger partial charge in [0.05, 0.1) is 6.54 Å². The maximum atomic E-state index is 13.7. The monoisotopic (exact) mass is 259 g/mol. The molecule has 0 radical (unpaired) electrons. The number of hydrogen-bond acceptors (Lipinski definition) is 4. The average Bonchev–Trinajstić information content (AvgIpc) is 2.69. The third-order valence-corrected chi connectivity index (χ3v) is 2.83. The largest absolute Gasteiger partial charge is 0.421 e. The molecule has 0 atom stereocenters. The van der Waals surface area contributed by atoms with Crippen LogP contribution in [0.4, 0.5) is 10.1 Å². The van der Waals surface area contributed by atoms with Crippen molar-refractivity contribution in [3.05, 3.63) is 58.5 Å². The molecule has 2 N–H and O–H groups in total. The summed E-state index contributed by atoms with van der Waals surface area (Å²) in [5.74, 6) is -1.03. The molecule has 0 unspecified atom stereocenters. The maximum absolute atomic E-state index is 13.7. The standard InChI is InChI=1S/C13H10FN3O2/c14-10-6-9(15)4-3-8(10)7-17-12-11(19-13(17)18)2-1-5-16-12/h1-6H,7,15H2. The molecule has 96 valence electrons. The fourth-order valence-corrected chi connectivity index (χ4v) is 1.90. The number of aromatic nitrogens is 2. The van der Waals surface area contributed by atoms with Crippen LogP contribution in [0, 0.1) is 5.82 Å². The summed E-state index contributed by atoms with van der Waals surface area (Å²) in [6.07, 6.45) is 1.55. The molecule has 3 aromatic rings. The van der Waals surface area contributed by atoms with Crippen LogP contribution in [-0.4, -0.2) is 9.55 Å². The first-order valence-electron chi connectivity index (χ1n) is 5.63. The van der Waals surface area contributed by atoms with E-state index in [4.69, 9.17) is 10.2 Å². The molecule has 0 aliphatic heterocycles. The normalized spacial score (nSPS) is 11.0. The molecule has 0 aliphatic carbocycles. The summed E-state index contributed by atoms with van der Waals surface area (Å²) < 4.78 is 20.0. The molecule has 0 aliphatic rings. The van der Waals surface area contributed by atoms with Crippen LogP contribution in [-0.2, 0) is 6.54 Å². The summed E-state index contributed by atoms with van der Waals surface area (Å²) in [4.78, 5) is 15.8. The van der Waals surface area contributed by atoms with E-state index in [-0.39, 0.29) is 6.54 Å². The van der Waals surface area contributed by atoms with Gasteiger partial charge in [-0.3, -0.25) is 4.57 Å². The van der Waals surface area contributed by atoms with E-state index in [1.165, 1.54) is 10.6 Å². The summed E-state index contributed by atoms with van der Waals surface area (Å²) in [6.45, 7) is 0.0506. The van der Waals surface area contributed by atoms with E-state index in [1.54, 1.807) is 30.5 Å². The third kappa shape index (κ3) is 1.97. The molecule has 0 spiro atoms.